The van der Waals surface area contributed by atoms with Gasteiger partial charge in [0.2, 0.25) is 5.91 Å². The van der Waals surface area contributed by atoms with Crippen LogP contribution in [0.15, 0.2) is 65.4 Å². The van der Waals surface area contributed by atoms with E-state index in [1.807, 2.05) is 12.3 Å². The van der Waals surface area contributed by atoms with Gasteiger partial charge in [0.15, 0.2) is 0 Å². The summed E-state index contributed by atoms with van der Waals surface area (Å²) < 4.78 is 45.4. The molecule has 0 bridgehead atoms. The van der Waals surface area contributed by atoms with E-state index in [-0.39, 0.29) is 18.2 Å². The van der Waals surface area contributed by atoms with Crippen LogP contribution in [0.2, 0.25) is 0 Å². The van der Waals surface area contributed by atoms with Crippen LogP contribution >= 0.6 is 11.6 Å². The number of carbonyl (C=O) groups excluding carboxylic acids is 1. The molecule has 0 radical (unpaired) electrons. The number of benzene rings is 2. The molecular formula is C34H41ClF3N5O2. The van der Waals surface area contributed by atoms with Gasteiger partial charge in [0, 0.05) is 87.0 Å². The molecule has 0 saturated carbocycles. The molecule has 1 aliphatic carbocycles. The Bertz CT molecular complexity index is 1570. The van der Waals surface area contributed by atoms with Crippen LogP contribution in [0.4, 0.5) is 13.2 Å². The van der Waals surface area contributed by atoms with Crippen molar-refractivity contribution in [3.05, 3.63) is 76.5 Å². The Morgan fingerprint density at radius 1 is 1.07 bits per heavy atom. The van der Waals surface area contributed by atoms with Gasteiger partial charge >= 0.3 is 6.36 Å². The summed E-state index contributed by atoms with van der Waals surface area (Å²) in [5, 5.41) is 4.60. The topological polar surface area (TPSA) is 75.8 Å². The lowest BCUT2D eigenvalue weighted by Gasteiger charge is -2.36. The van der Waals surface area contributed by atoms with Gasteiger partial charge in [-0.05, 0) is 77.9 Å². The van der Waals surface area contributed by atoms with E-state index >= 15 is 0 Å². The normalized spacial score (nSPS) is 18.2. The molecule has 5 rings (SSSR count). The second-order valence-electron chi connectivity index (χ2n) is 12.0. The van der Waals surface area contributed by atoms with Crippen LogP contribution in [-0.4, -0.2) is 65.9 Å². The lowest BCUT2D eigenvalue weighted by atomic mass is 9.92. The van der Waals surface area contributed by atoms with Gasteiger partial charge in [-0.1, -0.05) is 36.7 Å². The second kappa shape index (κ2) is 14.4. The summed E-state index contributed by atoms with van der Waals surface area (Å²) in [5.74, 6) is -0.141. The van der Waals surface area contributed by atoms with Crippen LogP contribution in [0.3, 0.4) is 0 Å². The second-order valence-corrected chi connectivity index (χ2v) is 12.4. The number of halogens is 4. The number of fused-ring (bicyclic) bond motifs is 1. The number of rotatable bonds is 11. The van der Waals surface area contributed by atoms with Gasteiger partial charge < -0.3 is 20.4 Å². The largest absolute Gasteiger partial charge is 0.573 e. The number of nitrogens with zero attached hydrogens (tertiary/aromatic N) is 3. The Labute approximate surface area is 267 Å². The number of carbonyl (C=O) groups is 1. The number of allylic oxidation sites excluding steroid dienone is 3. The number of aromatic nitrogens is 1. The highest BCUT2D eigenvalue weighted by atomic mass is 35.5. The summed E-state index contributed by atoms with van der Waals surface area (Å²) in [7, 11) is 0. The molecule has 1 unspecified atom stereocenters. The highest BCUT2D eigenvalue weighted by molar-refractivity contribution is 6.31. The Morgan fingerprint density at radius 3 is 2.47 bits per heavy atom. The average Bonchev–Trinajstić information content (AvgIpc) is 3.34. The van der Waals surface area contributed by atoms with Crippen molar-refractivity contribution in [3.63, 3.8) is 0 Å². The van der Waals surface area contributed by atoms with Crippen LogP contribution in [0.25, 0.3) is 22.0 Å². The van der Waals surface area contributed by atoms with E-state index in [1.165, 1.54) is 24.6 Å². The molecule has 0 spiro atoms. The van der Waals surface area contributed by atoms with Crippen LogP contribution < -0.4 is 15.8 Å². The van der Waals surface area contributed by atoms with E-state index in [9.17, 15) is 18.0 Å². The fraction of sp³-hybridized carbons (Fsp3) is 0.441. The first-order valence-electron chi connectivity index (χ1n) is 15.5. The first kappa shape index (κ1) is 33.1. The van der Waals surface area contributed by atoms with Gasteiger partial charge in [0.05, 0.1) is 0 Å². The van der Waals surface area contributed by atoms with E-state index in [2.05, 4.69) is 55.6 Å². The van der Waals surface area contributed by atoms with E-state index in [0.29, 0.717) is 24.6 Å². The minimum Gasteiger partial charge on any atom is -0.406 e. The monoisotopic (exact) mass is 643 g/mol. The highest BCUT2D eigenvalue weighted by Gasteiger charge is 2.31. The van der Waals surface area contributed by atoms with Crippen molar-refractivity contribution < 1.29 is 22.7 Å². The van der Waals surface area contributed by atoms with Gasteiger partial charge in [-0.2, -0.15) is 0 Å². The SMILES string of the molecule is CC(=O)NCc1cc(OC(F)(F)F)ccc1-c1cn(CCCN)c2ccc(CN3CCN(CC4=C(Cl)C=CCC4C)CC3)cc12. The summed E-state index contributed by atoms with van der Waals surface area (Å²) in [6.07, 6.45) is 3.19. The zero-order valence-electron chi connectivity index (χ0n) is 25.8. The van der Waals surface area contributed by atoms with Gasteiger partial charge in [-0.25, -0.2) is 0 Å². The van der Waals surface area contributed by atoms with E-state index in [1.54, 1.807) is 6.07 Å². The molecule has 2 heterocycles. The van der Waals surface area contributed by atoms with Crippen molar-refractivity contribution in [3.8, 4) is 16.9 Å². The molecule has 1 saturated heterocycles. The third-order valence-electron chi connectivity index (χ3n) is 8.60. The molecular weight excluding hydrogens is 603 g/mol. The number of piperazine rings is 1. The molecule has 3 aromatic rings. The lowest BCUT2D eigenvalue weighted by molar-refractivity contribution is -0.274. The zero-order chi connectivity index (χ0) is 32.1. The number of hydrogen-bond donors (Lipinski definition) is 2. The first-order chi connectivity index (χ1) is 21.5. The van der Waals surface area contributed by atoms with Gasteiger partial charge in [0.1, 0.15) is 5.75 Å². The van der Waals surface area contributed by atoms with Crippen LogP contribution in [-0.2, 0) is 24.4 Å². The van der Waals surface area contributed by atoms with Gasteiger partial charge in [-0.3, -0.25) is 14.6 Å². The smallest absolute Gasteiger partial charge is 0.406 e. The third-order valence-corrected chi connectivity index (χ3v) is 8.97. The summed E-state index contributed by atoms with van der Waals surface area (Å²) in [4.78, 5) is 16.7. The fourth-order valence-electron chi connectivity index (χ4n) is 6.20. The number of nitrogens with two attached hydrogens (primary N) is 1. The van der Waals surface area contributed by atoms with Crippen molar-refractivity contribution in [1.29, 1.82) is 0 Å². The highest BCUT2D eigenvalue weighted by Crippen LogP contribution is 2.37. The lowest BCUT2D eigenvalue weighted by Crippen LogP contribution is -2.46. The maximum absolute atomic E-state index is 13.0. The predicted octanol–water partition coefficient (Wildman–Crippen LogP) is 6.40. The number of aryl methyl sites for hydroxylation is 1. The number of amides is 1. The third kappa shape index (κ3) is 8.49. The molecule has 2 aliphatic rings. The standard InChI is InChI=1S/C34H41ClF3N5O2/c1-23-5-3-6-32(35)30(23)21-42-15-13-41(14-16-42)20-25-7-10-33-29(17-25)31(22-43(33)12-4-11-39)28-9-8-27(45-34(36,37)38)18-26(28)19-40-24(2)44/h3,6-10,17-18,22-23H,4-5,11-16,19-21,39H2,1-2H3,(H,40,44). The van der Waals surface area contributed by atoms with E-state index in [0.717, 1.165) is 84.7 Å². The van der Waals surface area contributed by atoms with Crippen molar-refractivity contribution in [1.82, 2.24) is 19.7 Å². The summed E-state index contributed by atoms with van der Waals surface area (Å²) in [5.41, 5.74) is 11.5. The molecule has 11 heteroatoms. The van der Waals surface area contributed by atoms with E-state index < -0.39 is 6.36 Å². The summed E-state index contributed by atoms with van der Waals surface area (Å²) in [6, 6.07) is 10.7. The molecule has 1 atom stereocenters. The zero-order valence-corrected chi connectivity index (χ0v) is 26.6. The molecule has 242 valence electrons. The Balaban J connectivity index is 1.39. The quantitative estimate of drug-likeness (QED) is 0.253. The Hall–Kier alpha value is -3.31. The van der Waals surface area contributed by atoms with Crippen molar-refractivity contribution in [2.45, 2.75) is 52.7 Å². The molecule has 2 aromatic carbocycles. The molecule has 7 nitrogen and oxygen atoms in total. The maximum Gasteiger partial charge on any atom is 0.573 e. The Morgan fingerprint density at radius 2 is 1.80 bits per heavy atom. The predicted molar refractivity (Wildman–Crippen MR) is 173 cm³/mol. The number of alkyl halides is 3. The molecule has 3 N–H and O–H groups in total. The number of nitrogens with one attached hydrogen (secondary N) is 1. The minimum absolute atomic E-state index is 0.0658. The van der Waals surface area contributed by atoms with Gasteiger partial charge in [-0.15, -0.1) is 13.2 Å². The first-order valence-corrected chi connectivity index (χ1v) is 15.8. The summed E-state index contributed by atoms with van der Waals surface area (Å²) >= 11 is 6.52. The average molecular weight is 644 g/mol. The van der Waals surface area contributed by atoms with Crippen molar-refractivity contribution in [2.24, 2.45) is 11.7 Å². The van der Waals surface area contributed by atoms with Crippen molar-refractivity contribution >= 4 is 28.4 Å². The van der Waals surface area contributed by atoms with Crippen LogP contribution in [0, 0.1) is 5.92 Å². The molecule has 1 fully saturated rings. The fourth-order valence-corrected chi connectivity index (χ4v) is 6.53. The van der Waals surface area contributed by atoms with Crippen LogP contribution in [0.1, 0.15) is 37.8 Å². The van der Waals surface area contributed by atoms with E-state index in [4.69, 9.17) is 17.3 Å². The van der Waals surface area contributed by atoms with Crippen molar-refractivity contribution in [2.75, 3.05) is 39.3 Å². The van der Waals surface area contributed by atoms with Crippen LogP contribution in [0.5, 0.6) is 5.75 Å². The molecule has 45 heavy (non-hydrogen) atoms. The molecule has 1 aromatic heterocycles. The summed E-state index contributed by atoms with van der Waals surface area (Å²) in [6.45, 7) is 10.4. The minimum atomic E-state index is -4.82. The maximum atomic E-state index is 13.0. The molecule has 1 aliphatic heterocycles. The van der Waals surface area contributed by atoms with Gasteiger partial charge in [0.25, 0.3) is 0 Å². The number of hydrogen-bond acceptors (Lipinski definition) is 5. The molecule has 1 amide bonds. The Kier molecular flexibility index (Phi) is 10.6. The number of ether oxygens (including phenoxy) is 1.